The minimum Gasteiger partial charge on any atom is -0.497 e. The maximum atomic E-state index is 12.4. The summed E-state index contributed by atoms with van der Waals surface area (Å²) < 4.78 is 5.17. The molecule has 3 nitrogen and oxygen atoms in total. The van der Waals surface area contributed by atoms with E-state index in [1.807, 2.05) is 69.3 Å². The van der Waals surface area contributed by atoms with E-state index in [9.17, 15) is 4.79 Å². The van der Waals surface area contributed by atoms with Crippen LogP contribution in [0.5, 0.6) is 5.75 Å². The summed E-state index contributed by atoms with van der Waals surface area (Å²) >= 11 is 0. The summed E-state index contributed by atoms with van der Waals surface area (Å²) in [5, 5.41) is 3.02. The molecule has 0 saturated heterocycles. The number of hydrogen-bond acceptors (Lipinski definition) is 2. The standard InChI is InChI=1S/C19H23NO2/c1-19(2,3)20-18(21)17-8-6-5-7-15(17)13-14-9-11-16(22-4)12-10-14/h5-12H,13H2,1-4H3,(H,20,21). The van der Waals surface area contributed by atoms with Gasteiger partial charge >= 0.3 is 0 Å². The molecule has 2 aromatic rings. The lowest BCUT2D eigenvalue weighted by molar-refractivity contribution is 0.0918. The first-order valence-electron chi connectivity index (χ1n) is 7.42. The number of carbonyl (C=O) groups excluding carboxylic acids is 1. The number of ether oxygens (including phenoxy) is 1. The second-order valence-electron chi connectivity index (χ2n) is 6.39. The number of amides is 1. The maximum Gasteiger partial charge on any atom is 0.251 e. The SMILES string of the molecule is COc1ccc(Cc2ccccc2C(=O)NC(C)(C)C)cc1. The molecule has 0 spiro atoms. The van der Waals surface area contributed by atoms with Crippen molar-refractivity contribution in [3.05, 3.63) is 65.2 Å². The Bertz CT molecular complexity index is 639. The van der Waals surface area contributed by atoms with Crippen molar-refractivity contribution in [2.45, 2.75) is 32.7 Å². The summed E-state index contributed by atoms with van der Waals surface area (Å²) in [7, 11) is 1.65. The lowest BCUT2D eigenvalue weighted by Gasteiger charge is -2.21. The first-order valence-corrected chi connectivity index (χ1v) is 7.42. The molecule has 116 valence electrons. The van der Waals surface area contributed by atoms with Crippen LogP contribution in [-0.2, 0) is 6.42 Å². The molecular weight excluding hydrogens is 274 g/mol. The fourth-order valence-electron chi connectivity index (χ4n) is 2.27. The fraction of sp³-hybridized carbons (Fsp3) is 0.316. The van der Waals surface area contributed by atoms with Crippen LogP contribution in [0.3, 0.4) is 0 Å². The summed E-state index contributed by atoms with van der Waals surface area (Å²) in [6, 6.07) is 15.7. The van der Waals surface area contributed by atoms with Gasteiger partial charge in [0.2, 0.25) is 0 Å². The van der Waals surface area contributed by atoms with E-state index in [-0.39, 0.29) is 11.4 Å². The van der Waals surface area contributed by atoms with Crippen molar-refractivity contribution < 1.29 is 9.53 Å². The van der Waals surface area contributed by atoms with Crippen LogP contribution in [0.1, 0.15) is 42.3 Å². The Balaban J connectivity index is 2.22. The third kappa shape index (κ3) is 4.35. The molecule has 0 heterocycles. The van der Waals surface area contributed by atoms with Crippen molar-refractivity contribution in [3.8, 4) is 5.75 Å². The van der Waals surface area contributed by atoms with E-state index in [1.165, 1.54) is 0 Å². The average molecular weight is 297 g/mol. The molecule has 0 radical (unpaired) electrons. The van der Waals surface area contributed by atoms with Crippen LogP contribution < -0.4 is 10.1 Å². The molecule has 0 bridgehead atoms. The van der Waals surface area contributed by atoms with Gasteiger partial charge in [-0.1, -0.05) is 30.3 Å². The van der Waals surface area contributed by atoms with E-state index in [1.54, 1.807) is 7.11 Å². The van der Waals surface area contributed by atoms with Crippen molar-refractivity contribution >= 4 is 5.91 Å². The fourth-order valence-corrected chi connectivity index (χ4v) is 2.27. The summed E-state index contributed by atoms with van der Waals surface area (Å²) in [6.07, 6.45) is 0.720. The molecular formula is C19H23NO2. The minimum atomic E-state index is -0.246. The predicted molar refractivity (Wildman–Crippen MR) is 89.5 cm³/mol. The monoisotopic (exact) mass is 297 g/mol. The molecule has 0 aromatic heterocycles. The van der Waals surface area contributed by atoms with E-state index in [4.69, 9.17) is 4.74 Å². The average Bonchev–Trinajstić information content (AvgIpc) is 2.47. The first kappa shape index (κ1) is 16.1. The quantitative estimate of drug-likeness (QED) is 0.932. The molecule has 0 atom stereocenters. The van der Waals surface area contributed by atoms with Gasteiger partial charge in [-0.05, 0) is 56.5 Å². The van der Waals surface area contributed by atoms with E-state index in [0.29, 0.717) is 0 Å². The van der Waals surface area contributed by atoms with E-state index >= 15 is 0 Å². The molecule has 22 heavy (non-hydrogen) atoms. The van der Waals surface area contributed by atoms with E-state index in [0.717, 1.165) is 28.9 Å². The highest BCUT2D eigenvalue weighted by atomic mass is 16.5. The van der Waals surface area contributed by atoms with Crippen molar-refractivity contribution in [1.29, 1.82) is 0 Å². The van der Waals surface area contributed by atoms with Gasteiger partial charge in [0.25, 0.3) is 5.91 Å². The number of benzene rings is 2. The van der Waals surface area contributed by atoms with Gasteiger partial charge < -0.3 is 10.1 Å². The molecule has 0 saturated carbocycles. The zero-order valence-corrected chi connectivity index (χ0v) is 13.6. The molecule has 1 amide bonds. The van der Waals surface area contributed by atoms with Crippen LogP contribution in [-0.4, -0.2) is 18.6 Å². The number of methoxy groups -OCH3 is 1. The van der Waals surface area contributed by atoms with Crippen molar-refractivity contribution in [1.82, 2.24) is 5.32 Å². The van der Waals surface area contributed by atoms with Crippen molar-refractivity contribution in [2.24, 2.45) is 0 Å². The topological polar surface area (TPSA) is 38.3 Å². The van der Waals surface area contributed by atoms with Gasteiger partial charge in [-0.15, -0.1) is 0 Å². The molecule has 0 unspecified atom stereocenters. The van der Waals surface area contributed by atoms with Crippen LogP contribution in [0.25, 0.3) is 0 Å². The molecule has 0 aliphatic heterocycles. The molecule has 0 aliphatic rings. The number of nitrogens with one attached hydrogen (secondary N) is 1. The Hall–Kier alpha value is -2.29. The second kappa shape index (κ2) is 6.65. The second-order valence-corrected chi connectivity index (χ2v) is 6.39. The van der Waals surface area contributed by atoms with Gasteiger partial charge in [-0.3, -0.25) is 4.79 Å². The maximum absolute atomic E-state index is 12.4. The normalized spacial score (nSPS) is 11.1. The summed E-state index contributed by atoms with van der Waals surface area (Å²) in [6.45, 7) is 5.95. The molecule has 2 rings (SSSR count). The first-order chi connectivity index (χ1) is 10.4. The summed E-state index contributed by atoms with van der Waals surface area (Å²) in [5.74, 6) is 0.805. The molecule has 3 heteroatoms. The third-order valence-corrected chi connectivity index (χ3v) is 3.30. The Labute approximate surface area is 132 Å². The van der Waals surface area contributed by atoms with Gasteiger partial charge in [0, 0.05) is 11.1 Å². The third-order valence-electron chi connectivity index (χ3n) is 3.30. The Kier molecular flexibility index (Phi) is 4.86. The number of hydrogen-bond donors (Lipinski definition) is 1. The number of rotatable bonds is 4. The van der Waals surface area contributed by atoms with E-state index < -0.39 is 0 Å². The molecule has 0 aliphatic carbocycles. The van der Waals surface area contributed by atoms with E-state index in [2.05, 4.69) is 5.32 Å². The summed E-state index contributed by atoms with van der Waals surface area (Å²) in [4.78, 5) is 12.4. The van der Waals surface area contributed by atoms with Gasteiger partial charge in [0.1, 0.15) is 5.75 Å². The van der Waals surface area contributed by atoms with Gasteiger partial charge in [0.15, 0.2) is 0 Å². The highest BCUT2D eigenvalue weighted by molar-refractivity contribution is 5.96. The van der Waals surface area contributed by atoms with Crippen LogP contribution >= 0.6 is 0 Å². The largest absolute Gasteiger partial charge is 0.497 e. The Morgan fingerprint density at radius 3 is 2.27 bits per heavy atom. The highest BCUT2D eigenvalue weighted by Gasteiger charge is 2.17. The molecule has 1 N–H and O–H groups in total. The lowest BCUT2D eigenvalue weighted by Crippen LogP contribution is -2.40. The highest BCUT2D eigenvalue weighted by Crippen LogP contribution is 2.18. The lowest BCUT2D eigenvalue weighted by atomic mass is 9.98. The van der Waals surface area contributed by atoms with Crippen LogP contribution in [0.15, 0.2) is 48.5 Å². The minimum absolute atomic E-state index is 0.0309. The number of carbonyl (C=O) groups is 1. The van der Waals surface area contributed by atoms with Crippen molar-refractivity contribution in [2.75, 3.05) is 7.11 Å². The van der Waals surface area contributed by atoms with Crippen LogP contribution in [0, 0.1) is 0 Å². The van der Waals surface area contributed by atoms with Crippen LogP contribution in [0.4, 0.5) is 0 Å². The Morgan fingerprint density at radius 2 is 1.68 bits per heavy atom. The van der Waals surface area contributed by atoms with Crippen molar-refractivity contribution in [3.63, 3.8) is 0 Å². The predicted octanol–water partition coefficient (Wildman–Crippen LogP) is 3.81. The van der Waals surface area contributed by atoms with Gasteiger partial charge in [0.05, 0.1) is 7.11 Å². The van der Waals surface area contributed by atoms with Gasteiger partial charge in [-0.2, -0.15) is 0 Å². The zero-order chi connectivity index (χ0) is 16.2. The smallest absolute Gasteiger partial charge is 0.251 e. The Morgan fingerprint density at radius 1 is 1.05 bits per heavy atom. The van der Waals surface area contributed by atoms with Crippen LogP contribution in [0.2, 0.25) is 0 Å². The molecule has 2 aromatic carbocycles. The zero-order valence-electron chi connectivity index (χ0n) is 13.6. The molecule has 0 fully saturated rings. The summed E-state index contributed by atoms with van der Waals surface area (Å²) in [5.41, 5.74) is 2.66. The van der Waals surface area contributed by atoms with Gasteiger partial charge in [-0.25, -0.2) is 0 Å².